The van der Waals surface area contributed by atoms with Crippen LogP contribution < -0.4 is 10.2 Å². The van der Waals surface area contributed by atoms with Crippen molar-refractivity contribution in [2.24, 2.45) is 0 Å². The summed E-state index contributed by atoms with van der Waals surface area (Å²) in [7, 11) is 0. The maximum atomic E-state index is 14.2. The molecule has 2 saturated heterocycles. The van der Waals surface area contributed by atoms with E-state index < -0.39 is 0 Å². The molecule has 1 aromatic carbocycles. The molecule has 10 nitrogen and oxygen atoms in total. The van der Waals surface area contributed by atoms with Gasteiger partial charge in [-0.25, -0.2) is 4.98 Å². The van der Waals surface area contributed by atoms with Crippen molar-refractivity contribution < 1.29 is 14.4 Å². The normalized spacial score (nSPS) is 17.1. The summed E-state index contributed by atoms with van der Waals surface area (Å²) in [5.41, 5.74) is 3.83. The van der Waals surface area contributed by atoms with Gasteiger partial charge in [-0.2, -0.15) is 5.26 Å². The summed E-state index contributed by atoms with van der Waals surface area (Å²) >= 11 is 6.52. The minimum absolute atomic E-state index is 0.0484. The van der Waals surface area contributed by atoms with E-state index in [9.17, 15) is 14.4 Å². The molecule has 216 valence electrons. The predicted molar refractivity (Wildman–Crippen MR) is 159 cm³/mol. The van der Waals surface area contributed by atoms with E-state index in [1.165, 1.54) is 6.08 Å². The lowest BCUT2D eigenvalue weighted by molar-refractivity contribution is -0.133. The Labute approximate surface area is 249 Å². The van der Waals surface area contributed by atoms with Crippen LogP contribution in [0.15, 0.2) is 43.1 Å². The molecule has 42 heavy (non-hydrogen) atoms. The SMILES string of the molecule is C=CC(=O)N1CC(NC(=O)Cn2c(C3CC3)c(C(=O)N3CCN(c4ccc(C#N)cn4)CC3)c3cc(Cl)cc(C)c32)C1. The van der Waals surface area contributed by atoms with Crippen LogP contribution in [0.3, 0.4) is 0 Å². The highest BCUT2D eigenvalue weighted by molar-refractivity contribution is 6.31. The zero-order chi connectivity index (χ0) is 29.5. The molecule has 0 bridgehead atoms. The Bertz CT molecular complexity index is 1620. The van der Waals surface area contributed by atoms with Gasteiger partial charge in [0.25, 0.3) is 5.91 Å². The van der Waals surface area contributed by atoms with Crippen molar-refractivity contribution in [1.29, 1.82) is 5.26 Å². The van der Waals surface area contributed by atoms with Gasteiger partial charge in [-0.15, -0.1) is 0 Å². The molecule has 3 amide bonds. The van der Waals surface area contributed by atoms with E-state index in [1.54, 1.807) is 17.2 Å². The van der Waals surface area contributed by atoms with Gasteiger partial charge in [0.15, 0.2) is 0 Å². The third kappa shape index (κ3) is 5.21. The number of benzene rings is 1. The van der Waals surface area contributed by atoms with Crippen molar-refractivity contribution >= 4 is 46.0 Å². The first-order valence-corrected chi connectivity index (χ1v) is 14.6. The van der Waals surface area contributed by atoms with Crippen LogP contribution >= 0.6 is 11.6 Å². The van der Waals surface area contributed by atoms with Crippen molar-refractivity contribution in [1.82, 2.24) is 24.7 Å². The number of fused-ring (bicyclic) bond motifs is 1. The number of carbonyl (C=O) groups excluding carboxylic acids is 3. The highest BCUT2D eigenvalue weighted by atomic mass is 35.5. The first-order valence-electron chi connectivity index (χ1n) is 14.2. The van der Waals surface area contributed by atoms with Crippen LogP contribution in [0.5, 0.6) is 0 Å². The quantitative estimate of drug-likeness (QED) is 0.426. The minimum atomic E-state index is -0.151. The smallest absolute Gasteiger partial charge is 0.256 e. The van der Waals surface area contributed by atoms with Gasteiger partial charge in [-0.3, -0.25) is 14.4 Å². The number of hydrogen-bond acceptors (Lipinski definition) is 6. The molecule has 0 radical (unpaired) electrons. The molecule has 3 fully saturated rings. The number of anilines is 1. The highest BCUT2D eigenvalue weighted by Crippen LogP contribution is 2.46. The summed E-state index contributed by atoms with van der Waals surface area (Å²) in [5.74, 6) is 0.649. The molecular weight excluding hydrogens is 554 g/mol. The number of hydrogen-bond donors (Lipinski definition) is 1. The van der Waals surface area contributed by atoms with Gasteiger partial charge in [0, 0.05) is 67.5 Å². The molecule has 1 N–H and O–H groups in total. The highest BCUT2D eigenvalue weighted by Gasteiger charge is 2.38. The van der Waals surface area contributed by atoms with E-state index in [0.29, 0.717) is 55.4 Å². The number of halogens is 1. The first-order chi connectivity index (χ1) is 20.3. The molecule has 11 heteroatoms. The van der Waals surface area contributed by atoms with E-state index in [2.05, 4.69) is 27.8 Å². The van der Waals surface area contributed by atoms with Gasteiger partial charge in [0.05, 0.1) is 22.7 Å². The third-order valence-corrected chi connectivity index (χ3v) is 8.55. The molecule has 0 atom stereocenters. The van der Waals surface area contributed by atoms with Crippen LogP contribution in [0.1, 0.15) is 45.9 Å². The number of likely N-dealkylation sites (tertiary alicyclic amines) is 1. The van der Waals surface area contributed by atoms with Crippen LogP contribution in [0, 0.1) is 18.3 Å². The third-order valence-electron chi connectivity index (χ3n) is 8.33. The van der Waals surface area contributed by atoms with Crippen LogP contribution in [-0.4, -0.2) is 82.4 Å². The fourth-order valence-electron chi connectivity index (χ4n) is 6.08. The number of aromatic nitrogens is 2. The van der Waals surface area contributed by atoms with Gasteiger partial charge in [0.1, 0.15) is 18.4 Å². The molecular formula is C31H32ClN7O3. The van der Waals surface area contributed by atoms with Gasteiger partial charge < -0.3 is 24.6 Å². The Morgan fingerprint density at radius 2 is 1.88 bits per heavy atom. The first kappa shape index (κ1) is 27.8. The summed E-state index contributed by atoms with van der Waals surface area (Å²) in [6.07, 6.45) is 4.77. The second-order valence-electron chi connectivity index (χ2n) is 11.2. The van der Waals surface area contributed by atoms with Crippen LogP contribution in [0.4, 0.5) is 5.82 Å². The van der Waals surface area contributed by atoms with E-state index in [1.807, 2.05) is 34.6 Å². The molecule has 1 saturated carbocycles. The number of pyridine rings is 1. The zero-order valence-electron chi connectivity index (χ0n) is 23.5. The molecule has 6 rings (SSSR count). The van der Waals surface area contributed by atoms with Crippen molar-refractivity contribution in [3.8, 4) is 6.07 Å². The van der Waals surface area contributed by atoms with E-state index in [0.717, 1.165) is 40.8 Å². The van der Waals surface area contributed by atoms with Gasteiger partial charge >= 0.3 is 0 Å². The largest absolute Gasteiger partial charge is 0.353 e. The van der Waals surface area contributed by atoms with E-state index in [4.69, 9.17) is 16.9 Å². The summed E-state index contributed by atoms with van der Waals surface area (Å²) in [6.45, 7) is 8.78. The predicted octanol–water partition coefficient (Wildman–Crippen LogP) is 3.22. The monoisotopic (exact) mass is 585 g/mol. The fourth-order valence-corrected chi connectivity index (χ4v) is 6.35. The zero-order valence-corrected chi connectivity index (χ0v) is 24.2. The fraction of sp³-hybridized carbons (Fsp3) is 0.387. The van der Waals surface area contributed by atoms with Crippen molar-refractivity contribution in [2.75, 3.05) is 44.2 Å². The summed E-state index contributed by atoms with van der Waals surface area (Å²) in [4.78, 5) is 49.3. The summed E-state index contributed by atoms with van der Waals surface area (Å²) < 4.78 is 2.02. The van der Waals surface area contributed by atoms with Crippen molar-refractivity contribution in [2.45, 2.75) is 38.3 Å². The molecule has 0 spiro atoms. The second-order valence-corrected chi connectivity index (χ2v) is 11.7. The molecule has 1 aliphatic carbocycles. The number of nitrogens with zero attached hydrogens (tertiary/aromatic N) is 6. The second kappa shape index (κ2) is 11.1. The van der Waals surface area contributed by atoms with Crippen LogP contribution in [0.2, 0.25) is 5.02 Å². The van der Waals surface area contributed by atoms with E-state index in [-0.39, 0.29) is 36.2 Å². The molecule has 3 aromatic rings. The average molecular weight is 586 g/mol. The number of aryl methyl sites for hydroxylation is 1. The minimum Gasteiger partial charge on any atom is -0.353 e. The van der Waals surface area contributed by atoms with Crippen LogP contribution in [-0.2, 0) is 16.1 Å². The Morgan fingerprint density at radius 1 is 1.14 bits per heavy atom. The van der Waals surface area contributed by atoms with Gasteiger partial charge in [-0.05, 0) is 55.7 Å². The number of nitriles is 1. The molecule has 0 unspecified atom stereocenters. The number of nitrogens with one attached hydrogen (secondary N) is 1. The summed E-state index contributed by atoms with van der Waals surface area (Å²) in [5, 5.41) is 13.4. The maximum absolute atomic E-state index is 14.2. The van der Waals surface area contributed by atoms with Gasteiger partial charge in [-0.1, -0.05) is 18.2 Å². The standard InChI is InChI=1S/C31H32ClN7O3/c1-3-27(41)38-16-23(17-38)35-26(40)18-39-29-19(2)12-22(32)13-24(29)28(30(39)21-5-6-21)31(42)37-10-8-36(9-11-37)25-7-4-20(14-33)15-34-25/h3-4,7,12-13,15,21,23H,1,5-6,8-11,16-18H2,2H3,(H,35,40). The Hall–Kier alpha value is -4.36. The maximum Gasteiger partial charge on any atom is 0.256 e. The molecule has 2 aromatic heterocycles. The van der Waals surface area contributed by atoms with E-state index >= 15 is 0 Å². The molecule has 3 aliphatic rings. The summed E-state index contributed by atoms with van der Waals surface area (Å²) in [6, 6.07) is 9.29. The lowest BCUT2D eigenvalue weighted by atomic mass is 10.0. The number of carbonyl (C=O) groups is 3. The van der Waals surface area contributed by atoms with Crippen molar-refractivity contribution in [3.63, 3.8) is 0 Å². The topological polar surface area (TPSA) is 115 Å². The lowest BCUT2D eigenvalue weighted by Gasteiger charge is -2.39. The van der Waals surface area contributed by atoms with Crippen LogP contribution in [0.25, 0.3) is 10.9 Å². The number of piperazine rings is 1. The van der Waals surface area contributed by atoms with Gasteiger partial charge in [0.2, 0.25) is 11.8 Å². The lowest BCUT2D eigenvalue weighted by Crippen LogP contribution is -2.61. The number of rotatable bonds is 7. The Morgan fingerprint density at radius 3 is 2.50 bits per heavy atom. The Kier molecular flexibility index (Phi) is 7.37. The average Bonchev–Trinajstić information content (AvgIpc) is 3.76. The van der Waals surface area contributed by atoms with Crippen molar-refractivity contribution in [3.05, 3.63) is 70.5 Å². The number of amides is 3. The molecule has 2 aliphatic heterocycles. The Balaban J connectivity index is 1.26. The molecule has 4 heterocycles.